The Morgan fingerprint density at radius 3 is 2.38 bits per heavy atom. The van der Waals surface area contributed by atoms with Crippen LogP contribution >= 0.6 is 0 Å². The van der Waals surface area contributed by atoms with Gasteiger partial charge in [0.1, 0.15) is 0 Å². The average Bonchev–Trinajstić information content (AvgIpc) is 2.33. The van der Waals surface area contributed by atoms with Crippen LogP contribution in [0.15, 0.2) is 31.0 Å². The van der Waals surface area contributed by atoms with E-state index in [4.69, 9.17) is 0 Å². The van der Waals surface area contributed by atoms with Crippen LogP contribution < -0.4 is 5.32 Å². The van der Waals surface area contributed by atoms with Crippen LogP contribution in [0.4, 0.5) is 0 Å². The molecule has 0 aliphatic carbocycles. The largest absolute Gasteiger partial charge is 0.305 e. The molecule has 0 fully saturated rings. The van der Waals surface area contributed by atoms with Gasteiger partial charge < -0.3 is 5.32 Å². The van der Waals surface area contributed by atoms with Crippen molar-refractivity contribution in [2.45, 2.75) is 20.0 Å². The van der Waals surface area contributed by atoms with Crippen molar-refractivity contribution >= 4 is 0 Å². The Morgan fingerprint density at radius 2 is 1.75 bits per heavy atom. The first-order valence-electron chi connectivity index (χ1n) is 5.08. The van der Waals surface area contributed by atoms with Crippen LogP contribution in [0.5, 0.6) is 0 Å². The van der Waals surface area contributed by atoms with Crippen molar-refractivity contribution in [1.29, 1.82) is 0 Å². The van der Waals surface area contributed by atoms with Crippen LogP contribution in [0.3, 0.4) is 0 Å². The predicted molar refractivity (Wildman–Crippen MR) is 59.3 cm³/mol. The molecular formula is C11H13N5. The van der Waals surface area contributed by atoms with Gasteiger partial charge in [0.15, 0.2) is 0 Å². The minimum atomic E-state index is 0.684. The van der Waals surface area contributed by atoms with E-state index in [2.05, 4.69) is 25.3 Å². The maximum atomic E-state index is 4.25. The highest BCUT2D eigenvalue weighted by Crippen LogP contribution is 1.95. The molecule has 2 heterocycles. The quantitative estimate of drug-likeness (QED) is 0.819. The Balaban J connectivity index is 1.82. The van der Waals surface area contributed by atoms with Gasteiger partial charge in [0.2, 0.25) is 0 Å². The van der Waals surface area contributed by atoms with E-state index in [9.17, 15) is 0 Å². The first kappa shape index (κ1) is 10.6. The number of rotatable bonds is 4. The highest BCUT2D eigenvalue weighted by Gasteiger charge is 1.96. The van der Waals surface area contributed by atoms with Crippen molar-refractivity contribution in [3.8, 4) is 0 Å². The fraction of sp³-hybridized carbons (Fsp3) is 0.273. The monoisotopic (exact) mass is 215 g/mol. The van der Waals surface area contributed by atoms with E-state index in [1.165, 1.54) is 0 Å². The van der Waals surface area contributed by atoms with Gasteiger partial charge in [-0.2, -0.15) is 0 Å². The van der Waals surface area contributed by atoms with E-state index in [-0.39, 0.29) is 0 Å². The Labute approximate surface area is 94.0 Å². The van der Waals surface area contributed by atoms with Gasteiger partial charge in [-0.25, -0.2) is 0 Å². The summed E-state index contributed by atoms with van der Waals surface area (Å²) in [6.45, 7) is 3.29. The summed E-state index contributed by atoms with van der Waals surface area (Å²) < 4.78 is 0. The van der Waals surface area contributed by atoms with Crippen LogP contribution in [0.1, 0.15) is 17.1 Å². The van der Waals surface area contributed by atoms with Crippen LogP contribution in [-0.4, -0.2) is 19.9 Å². The number of hydrogen-bond donors (Lipinski definition) is 1. The smallest absolute Gasteiger partial charge is 0.0724 e. The maximum Gasteiger partial charge on any atom is 0.0724 e. The summed E-state index contributed by atoms with van der Waals surface area (Å²) in [5, 5.41) is 3.23. The minimum Gasteiger partial charge on any atom is -0.305 e. The molecule has 0 aromatic carbocycles. The summed E-state index contributed by atoms with van der Waals surface area (Å²) >= 11 is 0. The van der Waals surface area contributed by atoms with Crippen molar-refractivity contribution in [2.24, 2.45) is 0 Å². The SMILES string of the molecule is Cc1cnc(CNCc2cnccn2)cn1. The molecule has 5 nitrogen and oxygen atoms in total. The average molecular weight is 215 g/mol. The van der Waals surface area contributed by atoms with Gasteiger partial charge in [-0.3, -0.25) is 19.9 Å². The normalized spacial score (nSPS) is 10.3. The van der Waals surface area contributed by atoms with Gasteiger partial charge in [0.25, 0.3) is 0 Å². The highest BCUT2D eigenvalue weighted by molar-refractivity contribution is 5.01. The Hall–Kier alpha value is -1.88. The Bertz CT molecular complexity index is 426. The second-order valence-corrected chi connectivity index (χ2v) is 3.45. The van der Waals surface area contributed by atoms with Crippen molar-refractivity contribution in [1.82, 2.24) is 25.3 Å². The van der Waals surface area contributed by atoms with Crippen LogP contribution in [0, 0.1) is 6.92 Å². The summed E-state index contributed by atoms with van der Waals surface area (Å²) in [7, 11) is 0. The number of hydrogen-bond acceptors (Lipinski definition) is 5. The standard InChI is InChI=1S/C11H13N5/c1-9-4-16-11(8-15-9)7-13-6-10-5-12-2-3-14-10/h2-5,8,13H,6-7H2,1H3. The van der Waals surface area contributed by atoms with E-state index >= 15 is 0 Å². The molecule has 1 N–H and O–H groups in total. The Morgan fingerprint density at radius 1 is 0.938 bits per heavy atom. The molecule has 0 saturated carbocycles. The zero-order chi connectivity index (χ0) is 11.2. The van der Waals surface area contributed by atoms with E-state index in [1.54, 1.807) is 31.0 Å². The van der Waals surface area contributed by atoms with Gasteiger partial charge in [0.05, 0.1) is 17.1 Å². The zero-order valence-corrected chi connectivity index (χ0v) is 9.09. The molecule has 0 radical (unpaired) electrons. The highest BCUT2D eigenvalue weighted by atomic mass is 14.9. The molecule has 2 rings (SSSR count). The summed E-state index contributed by atoms with van der Waals surface area (Å²) in [5.41, 5.74) is 2.77. The second-order valence-electron chi connectivity index (χ2n) is 3.45. The molecule has 0 amide bonds. The van der Waals surface area contributed by atoms with Gasteiger partial charge in [-0.05, 0) is 6.92 Å². The van der Waals surface area contributed by atoms with Crippen LogP contribution in [0.25, 0.3) is 0 Å². The summed E-state index contributed by atoms with van der Waals surface area (Å²) in [6, 6.07) is 0. The first-order chi connectivity index (χ1) is 7.84. The molecule has 2 aromatic rings. The zero-order valence-electron chi connectivity index (χ0n) is 9.09. The summed E-state index contributed by atoms with van der Waals surface area (Å²) in [5.74, 6) is 0. The van der Waals surface area contributed by atoms with E-state index < -0.39 is 0 Å². The third-order valence-corrected chi connectivity index (χ3v) is 2.06. The molecule has 82 valence electrons. The molecule has 0 spiro atoms. The molecule has 0 unspecified atom stereocenters. The Kier molecular flexibility index (Phi) is 3.50. The van der Waals surface area contributed by atoms with Gasteiger partial charge >= 0.3 is 0 Å². The summed E-state index contributed by atoms with van der Waals surface area (Å²) in [6.07, 6.45) is 8.63. The lowest BCUT2D eigenvalue weighted by Gasteiger charge is -2.03. The van der Waals surface area contributed by atoms with Crippen molar-refractivity contribution in [2.75, 3.05) is 0 Å². The first-order valence-corrected chi connectivity index (χ1v) is 5.08. The minimum absolute atomic E-state index is 0.684. The fourth-order valence-electron chi connectivity index (χ4n) is 1.25. The molecule has 2 aromatic heterocycles. The number of nitrogens with one attached hydrogen (secondary N) is 1. The molecule has 5 heteroatoms. The van der Waals surface area contributed by atoms with Gasteiger partial charge in [-0.1, -0.05) is 0 Å². The lowest BCUT2D eigenvalue weighted by atomic mass is 10.4. The predicted octanol–water partition coefficient (Wildman–Crippen LogP) is 0.865. The van der Waals surface area contributed by atoms with Crippen LogP contribution in [-0.2, 0) is 13.1 Å². The fourth-order valence-corrected chi connectivity index (χ4v) is 1.25. The van der Waals surface area contributed by atoms with E-state index in [1.807, 2.05) is 6.92 Å². The topological polar surface area (TPSA) is 63.6 Å². The van der Waals surface area contributed by atoms with E-state index in [0.29, 0.717) is 13.1 Å². The third kappa shape index (κ3) is 3.06. The van der Waals surface area contributed by atoms with Crippen molar-refractivity contribution < 1.29 is 0 Å². The second kappa shape index (κ2) is 5.27. The maximum absolute atomic E-state index is 4.25. The number of nitrogens with zero attached hydrogens (tertiary/aromatic N) is 4. The van der Waals surface area contributed by atoms with Gasteiger partial charge in [-0.15, -0.1) is 0 Å². The molecule has 0 aliphatic heterocycles. The molecule has 16 heavy (non-hydrogen) atoms. The summed E-state index contributed by atoms with van der Waals surface area (Å²) in [4.78, 5) is 16.6. The molecule has 0 aliphatic rings. The van der Waals surface area contributed by atoms with Crippen molar-refractivity contribution in [3.63, 3.8) is 0 Å². The van der Waals surface area contributed by atoms with E-state index in [0.717, 1.165) is 17.1 Å². The third-order valence-electron chi connectivity index (χ3n) is 2.06. The number of aromatic nitrogens is 4. The van der Waals surface area contributed by atoms with Crippen molar-refractivity contribution in [3.05, 3.63) is 48.1 Å². The van der Waals surface area contributed by atoms with Crippen LogP contribution in [0.2, 0.25) is 0 Å². The molecule has 0 saturated heterocycles. The van der Waals surface area contributed by atoms with Gasteiger partial charge in [0, 0.05) is 44.1 Å². The lowest BCUT2D eigenvalue weighted by Crippen LogP contribution is -2.14. The molecule has 0 bridgehead atoms. The molecule has 0 atom stereocenters. The molecular weight excluding hydrogens is 202 g/mol. The number of aryl methyl sites for hydroxylation is 1. The lowest BCUT2D eigenvalue weighted by molar-refractivity contribution is 0.661.